The molecule has 0 aliphatic carbocycles. The van der Waals surface area contributed by atoms with Crippen molar-refractivity contribution in [1.29, 1.82) is 0 Å². The molecule has 1 saturated heterocycles. The number of piperazine rings is 1. The molecule has 2 aromatic carbocycles. The number of nitrogens with zero attached hydrogens (tertiary/aromatic N) is 2. The Bertz CT molecular complexity index is 985. The Kier molecular flexibility index (Phi) is 8.16. The number of hydrogen-bond donors (Lipinski definition) is 1. The minimum Gasteiger partial charge on any atom is -0.324 e. The molecule has 0 unspecified atom stereocenters. The Labute approximate surface area is 190 Å². The van der Waals surface area contributed by atoms with E-state index in [1.165, 1.54) is 4.31 Å². The molecule has 3 rings (SSSR count). The molecule has 1 atom stereocenters. The molecular weight excluding hydrogens is 430 g/mol. The SMILES string of the molecule is CC[C@H](C)c1ccc(S(=O)(=O)N2CCN(CC(=O)Nc3ccccc3SC)CC2)cc1. The second kappa shape index (κ2) is 10.6. The normalized spacial score (nSPS) is 16.7. The Morgan fingerprint density at radius 3 is 2.32 bits per heavy atom. The summed E-state index contributed by atoms with van der Waals surface area (Å²) in [5.74, 6) is 0.327. The lowest BCUT2D eigenvalue weighted by atomic mass is 9.99. The van der Waals surface area contributed by atoms with Gasteiger partial charge in [0, 0.05) is 31.1 Å². The van der Waals surface area contributed by atoms with E-state index in [4.69, 9.17) is 0 Å². The van der Waals surface area contributed by atoms with Gasteiger partial charge in [0.1, 0.15) is 0 Å². The number of carbonyl (C=O) groups excluding carboxylic acids is 1. The van der Waals surface area contributed by atoms with Crippen molar-refractivity contribution in [2.24, 2.45) is 0 Å². The van der Waals surface area contributed by atoms with Crippen LogP contribution >= 0.6 is 11.8 Å². The first kappa shape index (κ1) is 23.8. The number of carbonyl (C=O) groups is 1. The second-order valence-electron chi connectivity index (χ2n) is 7.81. The van der Waals surface area contributed by atoms with E-state index in [0.717, 1.165) is 22.6 Å². The van der Waals surface area contributed by atoms with Crippen LogP contribution in [0.4, 0.5) is 5.69 Å². The minimum atomic E-state index is -3.52. The molecule has 2 aromatic rings. The van der Waals surface area contributed by atoms with Crippen LogP contribution in [0.25, 0.3) is 0 Å². The summed E-state index contributed by atoms with van der Waals surface area (Å²) in [5.41, 5.74) is 1.96. The van der Waals surface area contributed by atoms with Gasteiger partial charge in [0.2, 0.25) is 15.9 Å². The quantitative estimate of drug-likeness (QED) is 0.605. The largest absolute Gasteiger partial charge is 0.324 e. The zero-order valence-corrected chi connectivity index (χ0v) is 20.0. The highest BCUT2D eigenvalue weighted by molar-refractivity contribution is 7.98. The molecule has 0 aromatic heterocycles. The highest BCUT2D eigenvalue weighted by Crippen LogP contribution is 2.25. The molecule has 6 nitrogen and oxygen atoms in total. The zero-order chi connectivity index (χ0) is 22.4. The molecule has 1 aliphatic heterocycles. The number of thioether (sulfide) groups is 1. The van der Waals surface area contributed by atoms with Gasteiger partial charge in [-0.15, -0.1) is 11.8 Å². The van der Waals surface area contributed by atoms with Crippen molar-refractivity contribution in [1.82, 2.24) is 9.21 Å². The topological polar surface area (TPSA) is 69.7 Å². The maximum Gasteiger partial charge on any atom is 0.243 e. The van der Waals surface area contributed by atoms with Crippen LogP contribution in [0.5, 0.6) is 0 Å². The number of para-hydroxylation sites is 1. The first-order valence-electron chi connectivity index (χ1n) is 10.6. The van der Waals surface area contributed by atoms with Crippen LogP contribution in [0.15, 0.2) is 58.3 Å². The van der Waals surface area contributed by atoms with Gasteiger partial charge in [0.15, 0.2) is 0 Å². The number of anilines is 1. The molecule has 0 spiro atoms. The predicted molar refractivity (Wildman–Crippen MR) is 127 cm³/mol. The van der Waals surface area contributed by atoms with E-state index in [0.29, 0.717) is 37.0 Å². The molecule has 1 aliphatic rings. The van der Waals surface area contributed by atoms with Crippen molar-refractivity contribution in [3.05, 3.63) is 54.1 Å². The van der Waals surface area contributed by atoms with E-state index in [1.807, 2.05) is 47.6 Å². The smallest absolute Gasteiger partial charge is 0.243 e. The van der Waals surface area contributed by atoms with E-state index < -0.39 is 10.0 Å². The zero-order valence-electron chi connectivity index (χ0n) is 18.4. The molecule has 1 heterocycles. The number of benzene rings is 2. The summed E-state index contributed by atoms with van der Waals surface area (Å²) in [5, 5.41) is 2.96. The van der Waals surface area contributed by atoms with E-state index in [2.05, 4.69) is 19.2 Å². The van der Waals surface area contributed by atoms with Crippen LogP contribution < -0.4 is 5.32 Å². The van der Waals surface area contributed by atoms with Gasteiger partial charge < -0.3 is 5.32 Å². The lowest BCUT2D eigenvalue weighted by Crippen LogP contribution is -2.50. The minimum absolute atomic E-state index is 0.0848. The van der Waals surface area contributed by atoms with Gasteiger partial charge in [-0.25, -0.2) is 8.42 Å². The highest BCUT2D eigenvalue weighted by Gasteiger charge is 2.29. The standard InChI is InChI=1S/C23H31N3O3S2/c1-4-18(2)19-9-11-20(12-10-19)31(28,29)26-15-13-25(14-16-26)17-23(27)24-21-7-5-6-8-22(21)30-3/h5-12,18H,4,13-17H2,1-3H3,(H,24,27)/t18-/m0/s1. The van der Waals surface area contributed by atoms with Gasteiger partial charge >= 0.3 is 0 Å². The van der Waals surface area contributed by atoms with E-state index >= 15 is 0 Å². The summed E-state index contributed by atoms with van der Waals surface area (Å²) in [6.07, 6.45) is 2.99. The molecule has 8 heteroatoms. The molecule has 1 N–H and O–H groups in total. The van der Waals surface area contributed by atoms with Crippen molar-refractivity contribution < 1.29 is 13.2 Å². The number of nitrogens with one attached hydrogen (secondary N) is 1. The fraction of sp³-hybridized carbons (Fsp3) is 0.435. The van der Waals surface area contributed by atoms with Crippen molar-refractivity contribution in [2.75, 3.05) is 44.3 Å². The number of hydrogen-bond acceptors (Lipinski definition) is 5. The summed E-state index contributed by atoms with van der Waals surface area (Å²) >= 11 is 1.59. The maximum absolute atomic E-state index is 13.0. The maximum atomic E-state index is 13.0. The summed E-state index contributed by atoms with van der Waals surface area (Å²) in [6.45, 7) is 6.33. The molecule has 1 amide bonds. The van der Waals surface area contributed by atoms with Crippen LogP contribution in [0.2, 0.25) is 0 Å². The molecule has 0 radical (unpaired) electrons. The third kappa shape index (κ3) is 5.88. The first-order chi connectivity index (χ1) is 14.8. The molecule has 168 valence electrons. The summed E-state index contributed by atoms with van der Waals surface area (Å²) < 4.78 is 27.5. The second-order valence-corrected chi connectivity index (χ2v) is 10.6. The average molecular weight is 462 g/mol. The number of amides is 1. The highest BCUT2D eigenvalue weighted by atomic mass is 32.2. The van der Waals surface area contributed by atoms with Gasteiger partial charge in [-0.1, -0.05) is 38.1 Å². The Morgan fingerprint density at radius 2 is 1.71 bits per heavy atom. The van der Waals surface area contributed by atoms with E-state index in [-0.39, 0.29) is 12.5 Å². The van der Waals surface area contributed by atoms with Gasteiger partial charge in [-0.2, -0.15) is 4.31 Å². The number of rotatable bonds is 8. The van der Waals surface area contributed by atoms with Gasteiger partial charge in [0.05, 0.1) is 17.1 Å². The molecule has 0 bridgehead atoms. The third-order valence-corrected chi connectivity index (χ3v) is 8.49. The van der Waals surface area contributed by atoms with Crippen LogP contribution in [0.1, 0.15) is 31.7 Å². The fourth-order valence-corrected chi connectivity index (χ4v) is 5.60. The molecule has 0 saturated carbocycles. The Balaban J connectivity index is 1.55. The fourth-order valence-electron chi connectivity index (χ4n) is 3.62. The van der Waals surface area contributed by atoms with Gasteiger partial charge in [-0.3, -0.25) is 9.69 Å². The van der Waals surface area contributed by atoms with Crippen LogP contribution in [0.3, 0.4) is 0 Å². The summed E-state index contributed by atoms with van der Waals surface area (Å²) in [4.78, 5) is 15.8. The van der Waals surface area contributed by atoms with Crippen LogP contribution in [-0.4, -0.2) is 62.5 Å². The Morgan fingerprint density at radius 1 is 1.06 bits per heavy atom. The monoisotopic (exact) mass is 461 g/mol. The lowest BCUT2D eigenvalue weighted by molar-refractivity contribution is -0.117. The summed E-state index contributed by atoms with van der Waals surface area (Å²) in [7, 11) is -3.52. The van der Waals surface area contributed by atoms with Crippen molar-refractivity contribution in [3.63, 3.8) is 0 Å². The number of sulfonamides is 1. The molecule has 1 fully saturated rings. The third-order valence-electron chi connectivity index (χ3n) is 5.78. The van der Waals surface area contributed by atoms with Gasteiger partial charge in [0.25, 0.3) is 0 Å². The van der Waals surface area contributed by atoms with Crippen LogP contribution in [-0.2, 0) is 14.8 Å². The Hall–Kier alpha value is -1.87. The van der Waals surface area contributed by atoms with Crippen molar-refractivity contribution in [3.8, 4) is 0 Å². The van der Waals surface area contributed by atoms with Gasteiger partial charge in [-0.05, 0) is 48.4 Å². The summed E-state index contributed by atoms with van der Waals surface area (Å²) in [6, 6.07) is 14.9. The first-order valence-corrected chi connectivity index (χ1v) is 13.3. The van der Waals surface area contributed by atoms with E-state index in [1.54, 1.807) is 23.9 Å². The predicted octanol–water partition coefficient (Wildman–Crippen LogP) is 3.87. The lowest BCUT2D eigenvalue weighted by Gasteiger charge is -2.33. The van der Waals surface area contributed by atoms with Crippen LogP contribution in [0, 0.1) is 0 Å². The van der Waals surface area contributed by atoms with Crippen molar-refractivity contribution >= 4 is 33.4 Å². The van der Waals surface area contributed by atoms with Crippen molar-refractivity contribution in [2.45, 2.75) is 36.0 Å². The average Bonchev–Trinajstić information content (AvgIpc) is 2.79. The van der Waals surface area contributed by atoms with E-state index in [9.17, 15) is 13.2 Å². The molecule has 31 heavy (non-hydrogen) atoms. The molecular formula is C23H31N3O3S2.